The first-order chi connectivity index (χ1) is 15.4. The molecule has 5 heteroatoms. The molecule has 0 aliphatic carbocycles. The number of hydrogen-bond donors (Lipinski definition) is 0. The third-order valence-electron chi connectivity index (χ3n) is 6.12. The molecular weight excluding hydrogens is 599 g/mol. The molecule has 0 aliphatic heterocycles. The average Bonchev–Trinajstić information content (AvgIpc) is 3.43. The van der Waals surface area contributed by atoms with E-state index in [9.17, 15) is 0 Å². The molecule has 0 bridgehead atoms. The van der Waals surface area contributed by atoms with Gasteiger partial charge in [0.15, 0.2) is 0 Å². The van der Waals surface area contributed by atoms with Gasteiger partial charge in [-0.05, 0) is 36.8 Å². The maximum atomic E-state index is 5.06. The molecule has 0 aromatic carbocycles. The minimum Gasteiger partial charge on any atom is -0.432 e. The van der Waals surface area contributed by atoms with Gasteiger partial charge in [0.25, 0.3) is 0 Å². The third-order valence-corrected chi connectivity index (χ3v) is 6.12. The van der Waals surface area contributed by atoms with Gasteiger partial charge in [0, 0.05) is 16.8 Å². The van der Waals surface area contributed by atoms with E-state index >= 15 is 0 Å². The monoisotopic (exact) mass is 633 g/mol. The van der Waals surface area contributed by atoms with E-state index in [-0.39, 0.29) is 37.3 Å². The smallest absolute Gasteiger partial charge is 0.432 e. The summed E-state index contributed by atoms with van der Waals surface area (Å²) >= 11 is 0. The molecule has 0 unspecified atom stereocenters. The van der Waals surface area contributed by atoms with E-state index in [4.69, 9.17) is 9.97 Å². The molecule has 0 saturated carbocycles. The Bertz CT molecular complexity index is 1170. The van der Waals surface area contributed by atoms with Crippen molar-refractivity contribution in [3.63, 3.8) is 0 Å². The molecule has 180 valence electrons. The quantitative estimate of drug-likeness (QED) is 0.238. The molecule has 0 fully saturated rings. The molecule has 4 aromatic heterocycles. The van der Waals surface area contributed by atoms with E-state index in [2.05, 4.69) is 113 Å². The summed E-state index contributed by atoms with van der Waals surface area (Å²) in [6, 6.07) is 20.6. The Balaban J connectivity index is 0.00000324. The number of nitrogens with zero attached hydrogens (tertiary/aromatic N) is 4. The Labute approximate surface area is 218 Å². The maximum absolute atomic E-state index is 5.06. The van der Waals surface area contributed by atoms with Crippen LogP contribution in [0.1, 0.15) is 78.2 Å². The van der Waals surface area contributed by atoms with Gasteiger partial charge in [-0.3, -0.25) is 9.97 Å². The molecule has 0 saturated heterocycles. The molecule has 4 aromatic rings. The van der Waals surface area contributed by atoms with Crippen LogP contribution in [-0.4, -0.2) is 19.1 Å². The zero-order valence-electron chi connectivity index (χ0n) is 21.4. The van der Waals surface area contributed by atoms with Crippen LogP contribution < -0.4 is 0 Å². The third kappa shape index (κ3) is 4.98. The molecule has 0 N–H and O–H groups in total. The Morgan fingerprint density at radius 2 is 0.971 bits per heavy atom. The Hall–Kier alpha value is -2.45. The number of hydrogen-bond acceptors (Lipinski definition) is 2. The summed E-state index contributed by atoms with van der Waals surface area (Å²) in [6.07, 6.45) is 6.65. The van der Waals surface area contributed by atoms with Crippen LogP contribution in [-0.2, 0) is 37.3 Å². The molecule has 34 heavy (non-hydrogen) atoms. The second kappa shape index (κ2) is 9.30. The molecule has 4 heterocycles. The summed E-state index contributed by atoms with van der Waals surface area (Å²) in [5.41, 5.74) is 3.93. The number of aromatic nitrogens is 4. The second-order valence-electron chi connectivity index (χ2n) is 11.3. The fourth-order valence-electron chi connectivity index (χ4n) is 4.14. The standard InChI is InChI=1S/C29H34N4.Pt/c1-27(2,3)23-15-11-19-32(23)25-17-9-13-21(30-25)29(7,8)22-14-10-18-26(31-22)33-20-12-16-24(33)28(4,5)6;/h9-18H,1-8H3;/q-2;+2. The van der Waals surface area contributed by atoms with E-state index in [1.54, 1.807) is 0 Å². The predicted molar refractivity (Wildman–Crippen MR) is 134 cm³/mol. The van der Waals surface area contributed by atoms with Gasteiger partial charge in [-0.25, -0.2) is 0 Å². The SMILES string of the molecule is CC(C)(C)c1cc[c-]n1-c1cccc(C(C)(C)c2cccc(-n3[c-]ccc3C(C)(C)C)n2)n1.[Pt+2]. The van der Waals surface area contributed by atoms with E-state index in [1.165, 1.54) is 11.4 Å². The molecule has 0 spiro atoms. The summed E-state index contributed by atoms with van der Waals surface area (Å²) in [6.45, 7) is 17.6. The van der Waals surface area contributed by atoms with Gasteiger partial charge in [0.2, 0.25) is 0 Å². The second-order valence-corrected chi connectivity index (χ2v) is 11.3. The van der Waals surface area contributed by atoms with Gasteiger partial charge in [-0.1, -0.05) is 89.6 Å². The summed E-state index contributed by atoms with van der Waals surface area (Å²) in [4.78, 5) is 10.1. The predicted octanol–water partition coefficient (Wildman–Crippen LogP) is 6.58. The topological polar surface area (TPSA) is 35.6 Å². The van der Waals surface area contributed by atoms with Crippen molar-refractivity contribution in [3.05, 3.63) is 95.8 Å². The number of rotatable bonds is 4. The van der Waals surface area contributed by atoms with Crippen molar-refractivity contribution >= 4 is 0 Å². The Morgan fingerprint density at radius 3 is 1.32 bits per heavy atom. The van der Waals surface area contributed by atoms with Crippen molar-refractivity contribution in [1.82, 2.24) is 19.1 Å². The van der Waals surface area contributed by atoms with Crippen molar-refractivity contribution in [2.45, 2.75) is 71.6 Å². The van der Waals surface area contributed by atoms with Crippen molar-refractivity contribution in [2.24, 2.45) is 0 Å². The molecular formula is C29H34N4Pt. The molecule has 0 radical (unpaired) electrons. The minimum absolute atomic E-state index is 0. The van der Waals surface area contributed by atoms with Crippen molar-refractivity contribution in [3.8, 4) is 11.6 Å². The van der Waals surface area contributed by atoms with Crippen LogP contribution in [0.3, 0.4) is 0 Å². The summed E-state index contributed by atoms with van der Waals surface area (Å²) < 4.78 is 4.13. The zero-order chi connectivity index (χ0) is 24.0. The Morgan fingerprint density at radius 1 is 0.588 bits per heavy atom. The fraction of sp³-hybridized carbons (Fsp3) is 0.379. The van der Waals surface area contributed by atoms with Crippen molar-refractivity contribution < 1.29 is 21.1 Å². The van der Waals surface area contributed by atoms with Gasteiger partial charge >= 0.3 is 21.1 Å². The first-order valence-electron chi connectivity index (χ1n) is 11.5. The van der Waals surface area contributed by atoms with Crippen molar-refractivity contribution in [2.75, 3.05) is 0 Å². The van der Waals surface area contributed by atoms with Crippen LogP contribution >= 0.6 is 0 Å². The molecule has 0 amide bonds. The number of pyridine rings is 2. The van der Waals surface area contributed by atoms with Gasteiger partial charge < -0.3 is 9.13 Å². The van der Waals surface area contributed by atoms with E-state index in [0.29, 0.717) is 0 Å². The molecule has 4 rings (SSSR count). The average molecular weight is 634 g/mol. The van der Waals surface area contributed by atoms with Crippen LogP contribution in [0.15, 0.2) is 60.7 Å². The minimum atomic E-state index is -0.379. The molecule has 0 atom stereocenters. The summed E-state index contributed by atoms with van der Waals surface area (Å²) in [7, 11) is 0. The van der Waals surface area contributed by atoms with Crippen LogP contribution in [0.4, 0.5) is 0 Å². The molecule has 0 aliphatic rings. The van der Waals surface area contributed by atoms with Gasteiger partial charge in [-0.15, -0.1) is 12.1 Å². The van der Waals surface area contributed by atoms with Crippen LogP contribution in [0, 0.1) is 12.4 Å². The summed E-state index contributed by atoms with van der Waals surface area (Å²) in [5.74, 6) is 1.75. The van der Waals surface area contributed by atoms with Gasteiger partial charge in [-0.2, -0.15) is 12.1 Å². The van der Waals surface area contributed by atoms with E-state index in [1.807, 2.05) is 24.3 Å². The van der Waals surface area contributed by atoms with Crippen LogP contribution in [0.5, 0.6) is 0 Å². The summed E-state index contributed by atoms with van der Waals surface area (Å²) in [5, 5.41) is 0. The maximum Gasteiger partial charge on any atom is 2.00 e. The fourth-order valence-corrected chi connectivity index (χ4v) is 4.14. The van der Waals surface area contributed by atoms with E-state index < -0.39 is 0 Å². The largest absolute Gasteiger partial charge is 2.00 e. The van der Waals surface area contributed by atoms with Crippen LogP contribution in [0.2, 0.25) is 0 Å². The van der Waals surface area contributed by atoms with E-state index in [0.717, 1.165) is 23.0 Å². The van der Waals surface area contributed by atoms with Crippen LogP contribution in [0.25, 0.3) is 11.6 Å². The van der Waals surface area contributed by atoms with Crippen molar-refractivity contribution in [1.29, 1.82) is 0 Å². The normalized spacial score (nSPS) is 12.5. The Kier molecular flexibility index (Phi) is 7.16. The van der Waals surface area contributed by atoms with Gasteiger partial charge in [0.05, 0.1) is 11.6 Å². The zero-order valence-corrected chi connectivity index (χ0v) is 23.7. The van der Waals surface area contributed by atoms with Gasteiger partial charge in [0.1, 0.15) is 0 Å². The molecule has 4 nitrogen and oxygen atoms in total. The first-order valence-corrected chi connectivity index (χ1v) is 11.5. The first kappa shape index (κ1) is 26.2.